The normalized spacial score (nSPS) is 24.0. The summed E-state index contributed by atoms with van der Waals surface area (Å²) in [5, 5.41) is 8.85. The van der Waals surface area contributed by atoms with Gasteiger partial charge in [-0.3, -0.25) is 19.2 Å². The van der Waals surface area contributed by atoms with E-state index in [2.05, 4.69) is 4.84 Å². The highest BCUT2D eigenvalue weighted by Gasteiger charge is 2.37. The van der Waals surface area contributed by atoms with Crippen molar-refractivity contribution < 1.29 is 24.3 Å². The number of carbonyl (C=O) groups is 3. The van der Waals surface area contributed by atoms with Crippen LogP contribution in [0.1, 0.15) is 19.3 Å². The molecule has 2 atom stereocenters. The Labute approximate surface area is 91.9 Å². The number of nitrogens with two attached hydrogens (primary N) is 1. The highest BCUT2D eigenvalue weighted by Crippen LogP contribution is 2.31. The van der Waals surface area contributed by atoms with E-state index >= 15 is 0 Å². The van der Waals surface area contributed by atoms with Crippen molar-refractivity contribution in [3.05, 3.63) is 0 Å². The van der Waals surface area contributed by atoms with Gasteiger partial charge in [0.1, 0.15) is 0 Å². The molecule has 0 spiro atoms. The van der Waals surface area contributed by atoms with Crippen LogP contribution in [0.15, 0.2) is 0 Å². The Morgan fingerprint density at radius 2 is 1.94 bits per heavy atom. The maximum absolute atomic E-state index is 11.5. The van der Waals surface area contributed by atoms with Gasteiger partial charge in [0.05, 0.1) is 11.8 Å². The van der Waals surface area contributed by atoms with Crippen LogP contribution in [-0.2, 0) is 19.2 Å². The number of hydroxylamine groups is 1. The standard InChI is InChI=1S/C9H14N2O5/c10-7(12)4-16-11-8(13)5-2-1-3-6(5)9(14)15/h5-6H,1-4H2,(H2,10,12)(H,11,13)(H,14,15)/t5-,6+/m1/s1. The summed E-state index contributed by atoms with van der Waals surface area (Å²) in [7, 11) is 0. The predicted molar refractivity (Wildman–Crippen MR) is 51.8 cm³/mol. The van der Waals surface area contributed by atoms with Gasteiger partial charge in [0.25, 0.3) is 0 Å². The molecule has 0 aliphatic heterocycles. The first-order chi connectivity index (χ1) is 7.52. The summed E-state index contributed by atoms with van der Waals surface area (Å²) in [6.07, 6.45) is 1.71. The summed E-state index contributed by atoms with van der Waals surface area (Å²) < 4.78 is 0. The fourth-order valence-electron chi connectivity index (χ4n) is 1.82. The highest BCUT2D eigenvalue weighted by molar-refractivity contribution is 5.84. The van der Waals surface area contributed by atoms with E-state index in [1.54, 1.807) is 0 Å². The fraction of sp³-hybridized carbons (Fsp3) is 0.667. The Bertz CT molecular complexity index is 304. The van der Waals surface area contributed by atoms with Crippen LogP contribution in [0.4, 0.5) is 0 Å². The minimum atomic E-state index is -0.979. The fourth-order valence-corrected chi connectivity index (χ4v) is 1.82. The second-order valence-electron chi connectivity index (χ2n) is 3.70. The van der Waals surface area contributed by atoms with E-state index in [-0.39, 0.29) is 0 Å². The number of carboxylic acids is 1. The van der Waals surface area contributed by atoms with Crippen LogP contribution in [0.5, 0.6) is 0 Å². The van der Waals surface area contributed by atoms with Crippen LogP contribution in [-0.4, -0.2) is 29.5 Å². The molecule has 7 nitrogen and oxygen atoms in total. The molecule has 0 aromatic carbocycles. The van der Waals surface area contributed by atoms with Gasteiger partial charge in [-0.2, -0.15) is 0 Å². The second kappa shape index (κ2) is 5.45. The zero-order valence-corrected chi connectivity index (χ0v) is 8.64. The molecule has 0 unspecified atom stereocenters. The first kappa shape index (κ1) is 12.4. The van der Waals surface area contributed by atoms with E-state index in [1.165, 1.54) is 0 Å². The molecule has 0 saturated heterocycles. The van der Waals surface area contributed by atoms with Crippen LogP contribution >= 0.6 is 0 Å². The molecule has 7 heteroatoms. The molecule has 1 rings (SSSR count). The number of carbonyl (C=O) groups excluding carboxylic acids is 2. The van der Waals surface area contributed by atoms with Crippen molar-refractivity contribution in [2.45, 2.75) is 19.3 Å². The Kier molecular flexibility index (Phi) is 4.24. The number of amides is 2. The van der Waals surface area contributed by atoms with Crippen LogP contribution in [0.25, 0.3) is 0 Å². The van der Waals surface area contributed by atoms with Crippen LogP contribution in [0.3, 0.4) is 0 Å². The largest absolute Gasteiger partial charge is 0.481 e. The van der Waals surface area contributed by atoms with Crippen molar-refractivity contribution in [1.82, 2.24) is 5.48 Å². The lowest BCUT2D eigenvalue weighted by atomic mass is 9.96. The third-order valence-electron chi connectivity index (χ3n) is 2.56. The number of rotatable bonds is 5. The zero-order chi connectivity index (χ0) is 12.1. The number of primary amides is 1. The molecule has 1 aliphatic carbocycles. The van der Waals surface area contributed by atoms with Gasteiger partial charge in [0.2, 0.25) is 11.8 Å². The van der Waals surface area contributed by atoms with Crippen LogP contribution in [0, 0.1) is 11.8 Å². The molecular weight excluding hydrogens is 216 g/mol. The third-order valence-corrected chi connectivity index (χ3v) is 2.56. The molecule has 16 heavy (non-hydrogen) atoms. The highest BCUT2D eigenvalue weighted by atomic mass is 16.7. The lowest BCUT2D eigenvalue weighted by molar-refractivity contribution is -0.150. The monoisotopic (exact) mass is 230 g/mol. The van der Waals surface area contributed by atoms with Gasteiger partial charge in [-0.05, 0) is 12.8 Å². The second-order valence-corrected chi connectivity index (χ2v) is 3.70. The average molecular weight is 230 g/mol. The Balaban J connectivity index is 2.41. The lowest BCUT2D eigenvalue weighted by Crippen LogP contribution is -2.37. The van der Waals surface area contributed by atoms with E-state index in [4.69, 9.17) is 10.8 Å². The van der Waals surface area contributed by atoms with Gasteiger partial charge < -0.3 is 10.8 Å². The van der Waals surface area contributed by atoms with Crippen LogP contribution < -0.4 is 11.2 Å². The molecule has 0 bridgehead atoms. The van der Waals surface area contributed by atoms with Crippen molar-refractivity contribution in [1.29, 1.82) is 0 Å². The molecule has 2 amide bonds. The molecule has 90 valence electrons. The van der Waals surface area contributed by atoms with Gasteiger partial charge in [-0.25, -0.2) is 5.48 Å². The van der Waals surface area contributed by atoms with Crippen molar-refractivity contribution in [2.24, 2.45) is 17.6 Å². The van der Waals surface area contributed by atoms with Gasteiger partial charge in [0.15, 0.2) is 6.61 Å². The summed E-state index contributed by atoms with van der Waals surface area (Å²) >= 11 is 0. The smallest absolute Gasteiger partial charge is 0.307 e. The molecule has 1 saturated carbocycles. The lowest BCUT2D eigenvalue weighted by Gasteiger charge is -2.14. The van der Waals surface area contributed by atoms with Crippen molar-refractivity contribution in [3.63, 3.8) is 0 Å². The first-order valence-electron chi connectivity index (χ1n) is 4.95. The number of carboxylic acid groups (broad SMARTS) is 1. The Morgan fingerprint density at radius 1 is 1.31 bits per heavy atom. The number of hydrogen-bond donors (Lipinski definition) is 3. The summed E-state index contributed by atoms with van der Waals surface area (Å²) in [5.41, 5.74) is 6.84. The van der Waals surface area contributed by atoms with Crippen molar-refractivity contribution >= 4 is 17.8 Å². The van der Waals surface area contributed by atoms with Crippen molar-refractivity contribution in [2.75, 3.05) is 6.61 Å². The number of nitrogens with one attached hydrogen (secondary N) is 1. The third kappa shape index (κ3) is 3.20. The predicted octanol–water partition coefficient (Wildman–Crippen LogP) is -0.980. The van der Waals surface area contributed by atoms with E-state index in [0.29, 0.717) is 19.3 Å². The van der Waals surface area contributed by atoms with Gasteiger partial charge in [0, 0.05) is 0 Å². The Morgan fingerprint density at radius 3 is 2.50 bits per heavy atom. The van der Waals surface area contributed by atoms with E-state index in [9.17, 15) is 14.4 Å². The average Bonchev–Trinajstić information content (AvgIpc) is 2.65. The molecule has 1 fully saturated rings. The van der Waals surface area contributed by atoms with Gasteiger partial charge in [-0.1, -0.05) is 6.42 Å². The quantitative estimate of drug-likeness (QED) is 0.524. The van der Waals surface area contributed by atoms with Gasteiger partial charge >= 0.3 is 5.97 Å². The van der Waals surface area contributed by atoms with Crippen molar-refractivity contribution in [3.8, 4) is 0 Å². The minimum Gasteiger partial charge on any atom is -0.481 e. The minimum absolute atomic E-state index is 0.420. The van der Waals surface area contributed by atoms with Gasteiger partial charge in [-0.15, -0.1) is 0 Å². The molecule has 0 radical (unpaired) electrons. The van der Waals surface area contributed by atoms with E-state index < -0.39 is 36.2 Å². The summed E-state index contributed by atoms with van der Waals surface area (Å²) in [6, 6.07) is 0. The number of hydrogen-bond acceptors (Lipinski definition) is 4. The Hall–Kier alpha value is -1.63. The maximum Gasteiger partial charge on any atom is 0.307 e. The molecule has 0 aromatic heterocycles. The molecule has 0 aromatic rings. The topological polar surface area (TPSA) is 119 Å². The molecule has 0 heterocycles. The SMILES string of the molecule is NC(=O)CONC(=O)[C@@H]1CCC[C@@H]1C(=O)O. The summed E-state index contributed by atoms with van der Waals surface area (Å²) in [4.78, 5) is 37.2. The summed E-state index contributed by atoms with van der Waals surface area (Å²) in [5.74, 6) is -3.46. The summed E-state index contributed by atoms with van der Waals surface area (Å²) in [6.45, 7) is -0.420. The zero-order valence-electron chi connectivity index (χ0n) is 8.64. The molecule has 4 N–H and O–H groups in total. The maximum atomic E-state index is 11.5. The number of aliphatic carboxylic acids is 1. The van der Waals surface area contributed by atoms with Crippen LogP contribution in [0.2, 0.25) is 0 Å². The molecular formula is C9H14N2O5. The first-order valence-corrected chi connectivity index (χ1v) is 4.95. The van der Waals surface area contributed by atoms with E-state index in [1.807, 2.05) is 5.48 Å². The molecule has 1 aliphatic rings. The van der Waals surface area contributed by atoms with E-state index in [0.717, 1.165) is 0 Å².